The number of benzene rings is 2. The zero-order valence-corrected chi connectivity index (χ0v) is 18.7. The van der Waals surface area contributed by atoms with Gasteiger partial charge in [-0.3, -0.25) is 4.79 Å². The van der Waals surface area contributed by atoms with E-state index in [0.717, 1.165) is 11.6 Å². The fourth-order valence-electron chi connectivity index (χ4n) is 3.82. The van der Waals surface area contributed by atoms with Crippen molar-refractivity contribution in [2.75, 3.05) is 13.7 Å². The van der Waals surface area contributed by atoms with E-state index in [1.165, 1.54) is 17.0 Å². The molecule has 5 nitrogen and oxygen atoms in total. The molecule has 1 atom stereocenters. The summed E-state index contributed by atoms with van der Waals surface area (Å²) in [6, 6.07) is 10.3. The minimum absolute atomic E-state index is 0.0222. The van der Waals surface area contributed by atoms with Gasteiger partial charge in [-0.15, -0.1) is 0 Å². The van der Waals surface area contributed by atoms with Crippen LogP contribution in [0.1, 0.15) is 44.2 Å². The van der Waals surface area contributed by atoms with Crippen LogP contribution in [-0.4, -0.2) is 30.5 Å². The van der Waals surface area contributed by atoms with Crippen LogP contribution < -0.4 is 4.74 Å². The number of rotatable bonds is 7. The molecule has 32 heavy (non-hydrogen) atoms. The molecule has 2 aromatic carbocycles. The molecular formula is C25H27F2NO4. The quantitative estimate of drug-likeness (QED) is 0.568. The van der Waals surface area contributed by atoms with E-state index in [2.05, 4.69) is 0 Å². The molecule has 1 aliphatic heterocycles. The van der Waals surface area contributed by atoms with Gasteiger partial charge in [0.2, 0.25) is 5.91 Å². The van der Waals surface area contributed by atoms with Crippen LogP contribution in [0.25, 0.3) is 0 Å². The van der Waals surface area contributed by atoms with E-state index >= 15 is 0 Å². The van der Waals surface area contributed by atoms with Gasteiger partial charge in [0.1, 0.15) is 17.4 Å². The fraction of sp³-hybridized carbons (Fsp3) is 0.360. The molecular weight excluding hydrogens is 416 g/mol. The second kappa shape index (κ2) is 9.94. The second-order valence-corrected chi connectivity index (χ2v) is 8.28. The minimum atomic E-state index is -0.725. The van der Waals surface area contributed by atoms with E-state index in [1.807, 2.05) is 19.9 Å². The summed E-state index contributed by atoms with van der Waals surface area (Å²) in [6.07, 6.45) is 0.0222. The molecule has 1 amide bonds. The Morgan fingerprint density at radius 3 is 2.47 bits per heavy atom. The molecule has 2 aromatic rings. The lowest BCUT2D eigenvalue weighted by Gasteiger charge is -2.34. The van der Waals surface area contributed by atoms with Gasteiger partial charge in [0.15, 0.2) is 0 Å². The Morgan fingerprint density at radius 2 is 1.84 bits per heavy atom. The first-order valence-corrected chi connectivity index (χ1v) is 10.5. The van der Waals surface area contributed by atoms with E-state index in [0.29, 0.717) is 22.6 Å². The van der Waals surface area contributed by atoms with Crippen molar-refractivity contribution in [2.24, 2.45) is 5.92 Å². The van der Waals surface area contributed by atoms with E-state index in [4.69, 9.17) is 9.47 Å². The maximum Gasteiger partial charge on any atom is 0.336 e. The van der Waals surface area contributed by atoms with Crippen molar-refractivity contribution >= 4 is 11.9 Å². The van der Waals surface area contributed by atoms with Gasteiger partial charge in [0.25, 0.3) is 0 Å². The van der Waals surface area contributed by atoms with E-state index in [1.54, 1.807) is 32.2 Å². The summed E-state index contributed by atoms with van der Waals surface area (Å²) >= 11 is 0. The summed E-state index contributed by atoms with van der Waals surface area (Å²) in [7, 11) is 1.55. The highest BCUT2D eigenvalue weighted by Gasteiger charge is 2.37. The van der Waals surface area contributed by atoms with Crippen molar-refractivity contribution in [1.29, 1.82) is 0 Å². The van der Waals surface area contributed by atoms with Crippen molar-refractivity contribution in [2.45, 2.75) is 39.7 Å². The number of esters is 1. The first-order chi connectivity index (χ1) is 15.2. The summed E-state index contributed by atoms with van der Waals surface area (Å²) in [5.74, 6) is -1.97. The normalized spacial score (nSPS) is 16.5. The average Bonchev–Trinajstić information content (AvgIpc) is 2.74. The molecule has 0 spiro atoms. The number of hydrogen-bond donors (Lipinski definition) is 0. The highest BCUT2D eigenvalue weighted by molar-refractivity contribution is 5.95. The molecule has 0 saturated carbocycles. The van der Waals surface area contributed by atoms with Crippen LogP contribution in [0.3, 0.4) is 0 Å². The number of halogens is 2. The number of carbonyl (C=O) groups excluding carboxylic acids is 2. The smallest absolute Gasteiger partial charge is 0.336 e. The monoisotopic (exact) mass is 443 g/mol. The molecule has 0 radical (unpaired) electrons. The summed E-state index contributed by atoms with van der Waals surface area (Å²) < 4.78 is 38.1. The van der Waals surface area contributed by atoms with E-state index in [-0.39, 0.29) is 31.4 Å². The zero-order valence-electron chi connectivity index (χ0n) is 18.7. The van der Waals surface area contributed by atoms with Crippen LogP contribution in [-0.2, 0) is 20.9 Å². The number of carbonyl (C=O) groups is 2. The molecule has 1 aliphatic rings. The molecule has 7 heteroatoms. The molecule has 0 fully saturated rings. The predicted molar refractivity (Wildman–Crippen MR) is 116 cm³/mol. The molecule has 0 N–H and O–H groups in total. The van der Waals surface area contributed by atoms with Crippen molar-refractivity contribution < 1.29 is 27.8 Å². The fourth-order valence-corrected chi connectivity index (χ4v) is 3.82. The third-order valence-electron chi connectivity index (χ3n) is 5.35. The molecule has 1 heterocycles. The Balaban J connectivity index is 2.03. The summed E-state index contributed by atoms with van der Waals surface area (Å²) in [5.41, 5.74) is 1.82. The Hall–Kier alpha value is -3.22. The molecule has 0 aromatic heterocycles. The molecule has 0 aliphatic carbocycles. The van der Waals surface area contributed by atoms with Crippen molar-refractivity contribution in [3.05, 3.63) is 76.5 Å². The lowest BCUT2D eigenvalue weighted by atomic mass is 9.83. The summed E-state index contributed by atoms with van der Waals surface area (Å²) in [4.78, 5) is 27.6. The van der Waals surface area contributed by atoms with Crippen molar-refractivity contribution in [1.82, 2.24) is 4.90 Å². The van der Waals surface area contributed by atoms with Gasteiger partial charge in [-0.05, 0) is 48.2 Å². The van der Waals surface area contributed by atoms with Crippen molar-refractivity contribution in [3.8, 4) is 5.75 Å². The molecule has 0 bridgehead atoms. The lowest BCUT2D eigenvalue weighted by Crippen LogP contribution is -2.38. The van der Waals surface area contributed by atoms with Gasteiger partial charge in [-0.1, -0.05) is 26.0 Å². The third kappa shape index (κ3) is 5.33. The number of nitrogens with zero attached hydrogens (tertiary/aromatic N) is 1. The maximum atomic E-state index is 13.7. The maximum absolute atomic E-state index is 13.7. The van der Waals surface area contributed by atoms with E-state index < -0.39 is 23.5 Å². The van der Waals surface area contributed by atoms with Crippen LogP contribution in [0.5, 0.6) is 5.75 Å². The molecule has 0 saturated heterocycles. The number of hydrogen-bond acceptors (Lipinski definition) is 4. The molecule has 1 unspecified atom stereocenters. The minimum Gasteiger partial charge on any atom is -0.497 e. The van der Waals surface area contributed by atoms with Gasteiger partial charge in [0, 0.05) is 24.1 Å². The zero-order chi connectivity index (χ0) is 23.4. The number of ether oxygens (including phenoxy) is 2. The number of amides is 1. The van der Waals surface area contributed by atoms with Gasteiger partial charge in [-0.2, -0.15) is 0 Å². The van der Waals surface area contributed by atoms with Crippen LogP contribution in [0.4, 0.5) is 8.78 Å². The standard InChI is InChI=1S/C25H27F2NO4/c1-15(2)14-32-25(30)24-16(3)28(13-17-8-19(26)11-20(27)9-17)23(29)12-22(24)18-6-5-7-21(10-18)31-4/h5-11,15,22H,12-14H2,1-4H3. The first kappa shape index (κ1) is 23.4. The summed E-state index contributed by atoms with van der Waals surface area (Å²) in [6.45, 7) is 5.72. The Kier molecular flexibility index (Phi) is 7.28. The number of methoxy groups -OCH3 is 1. The summed E-state index contributed by atoms with van der Waals surface area (Å²) in [5, 5.41) is 0. The first-order valence-electron chi connectivity index (χ1n) is 10.5. The van der Waals surface area contributed by atoms with Gasteiger partial charge >= 0.3 is 5.97 Å². The third-order valence-corrected chi connectivity index (χ3v) is 5.35. The topological polar surface area (TPSA) is 55.8 Å². The van der Waals surface area contributed by atoms with Gasteiger partial charge in [-0.25, -0.2) is 13.6 Å². The highest BCUT2D eigenvalue weighted by Crippen LogP contribution is 2.38. The highest BCUT2D eigenvalue weighted by atomic mass is 19.1. The van der Waals surface area contributed by atoms with Gasteiger partial charge in [0.05, 0.1) is 25.8 Å². The second-order valence-electron chi connectivity index (χ2n) is 8.28. The van der Waals surface area contributed by atoms with Crippen LogP contribution >= 0.6 is 0 Å². The van der Waals surface area contributed by atoms with Crippen LogP contribution in [0.15, 0.2) is 53.7 Å². The lowest BCUT2D eigenvalue weighted by molar-refractivity contribution is -0.141. The molecule has 3 rings (SSSR count). The largest absolute Gasteiger partial charge is 0.497 e. The van der Waals surface area contributed by atoms with Gasteiger partial charge < -0.3 is 14.4 Å². The number of allylic oxidation sites excluding steroid dienone is 1. The Labute approximate surface area is 186 Å². The Bertz CT molecular complexity index is 1030. The van der Waals surface area contributed by atoms with Crippen LogP contribution in [0.2, 0.25) is 0 Å². The average molecular weight is 443 g/mol. The predicted octanol–water partition coefficient (Wildman–Crippen LogP) is 4.96. The van der Waals surface area contributed by atoms with E-state index in [9.17, 15) is 18.4 Å². The van der Waals surface area contributed by atoms with Crippen LogP contribution in [0, 0.1) is 17.6 Å². The van der Waals surface area contributed by atoms with Crippen molar-refractivity contribution in [3.63, 3.8) is 0 Å². The molecule has 170 valence electrons. The Morgan fingerprint density at radius 1 is 1.16 bits per heavy atom. The SMILES string of the molecule is COc1cccc(C2CC(=O)N(Cc3cc(F)cc(F)c3)C(C)=C2C(=O)OCC(C)C)c1.